The van der Waals surface area contributed by atoms with Crippen LogP contribution in [0, 0.1) is 6.92 Å². The number of benzene rings is 1. The van der Waals surface area contributed by atoms with Crippen LogP contribution in [0.1, 0.15) is 11.4 Å². The zero-order valence-corrected chi connectivity index (χ0v) is 9.60. The van der Waals surface area contributed by atoms with Crippen molar-refractivity contribution in [2.24, 2.45) is 0 Å². The molecule has 0 aliphatic carbocycles. The van der Waals surface area contributed by atoms with Crippen LogP contribution in [0.4, 0.5) is 0 Å². The SMILES string of the molecule is COc1nc(CC(=O)O)nc2cccc(C)c12. The molecular weight excluding hydrogens is 220 g/mol. The zero-order chi connectivity index (χ0) is 12.4. The highest BCUT2D eigenvalue weighted by Crippen LogP contribution is 2.25. The minimum atomic E-state index is -0.959. The number of nitrogens with zero attached hydrogens (tertiary/aromatic N) is 2. The van der Waals surface area contributed by atoms with E-state index < -0.39 is 5.97 Å². The molecule has 0 fully saturated rings. The molecule has 0 aliphatic rings. The van der Waals surface area contributed by atoms with Gasteiger partial charge in [-0.05, 0) is 18.6 Å². The van der Waals surface area contributed by atoms with E-state index in [1.165, 1.54) is 7.11 Å². The van der Waals surface area contributed by atoms with Crippen LogP contribution in [0.3, 0.4) is 0 Å². The first-order valence-electron chi connectivity index (χ1n) is 5.14. The van der Waals surface area contributed by atoms with Gasteiger partial charge in [-0.2, -0.15) is 4.98 Å². The molecule has 0 bridgehead atoms. The number of methoxy groups -OCH3 is 1. The second-order valence-corrected chi connectivity index (χ2v) is 3.69. The average molecular weight is 232 g/mol. The quantitative estimate of drug-likeness (QED) is 0.869. The average Bonchev–Trinajstić information content (AvgIpc) is 2.27. The van der Waals surface area contributed by atoms with Crippen molar-refractivity contribution in [3.05, 3.63) is 29.6 Å². The highest BCUT2D eigenvalue weighted by Gasteiger charge is 2.12. The predicted molar refractivity (Wildman–Crippen MR) is 62.2 cm³/mol. The summed E-state index contributed by atoms with van der Waals surface area (Å²) in [6.07, 6.45) is -0.208. The van der Waals surface area contributed by atoms with E-state index in [1.54, 1.807) is 0 Å². The Morgan fingerprint density at radius 2 is 2.18 bits per heavy atom. The number of carboxylic acid groups (broad SMARTS) is 1. The van der Waals surface area contributed by atoms with E-state index >= 15 is 0 Å². The van der Waals surface area contributed by atoms with E-state index in [2.05, 4.69) is 9.97 Å². The molecule has 0 atom stereocenters. The third kappa shape index (κ3) is 2.18. The molecule has 88 valence electrons. The van der Waals surface area contributed by atoms with Crippen LogP contribution in [0.15, 0.2) is 18.2 Å². The van der Waals surface area contributed by atoms with Gasteiger partial charge in [0, 0.05) is 0 Å². The van der Waals surface area contributed by atoms with Crippen LogP contribution >= 0.6 is 0 Å². The van der Waals surface area contributed by atoms with E-state index in [4.69, 9.17) is 9.84 Å². The molecule has 0 saturated carbocycles. The lowest BCUT2D eigenvalue weighted by molar-refractivity contribution is -0.136. The van der Waals surface area contributed by atoms with Crippen LogP contribution in [-0.2, 0) is 11.2 Å². The third-order valence-corrected chi connectivity index (χ3v) is 2.45. The molecule has 1 heterocycles. The van der Waals surface area contributed by atoms with Gasteiger partial charge in [-0.3, -0.25) is 4.79 Å². The monoisotopic (exact) mass is 232 g/mol. The third-order valence-electron chi connectivity index (χ3n) is 2.45. The van der Waals surface area contributed by atoms with Crippen LogP contribution < -0.4 is 4.74 Å². The Hall–Kier alpha value is -2.17. The summed E-state index contributed by atoms with van der Waals surface area (Å²) < 4.78 is 5.19. The van der Waals surface area contributed by atoms with Crippen molar-refractivity contribution in [3.63, 3.8) is 0 Å². The summed E-state index contributed by atoms with van der Waals surface area (Å²) in [6, 6.07) is 5.62. The van der Waals surface area contributed by atoms with E-state index in [-0.39, 0.29) is 12.2 Å². The Bertz CT molecular complexity index is 581. The van der Waals surface area contributed by atoms with Crippen molar-refractivity contribution in [2.45, 2.75) is 13.3 Å². The summed E-state index contributed by atoms with van der Waals surface area (Å²) in [4.78, 5) is 19.0. The van der Waals surface area contributed by atoms with Gasteiger partial charge in [0.25, 0.3) is 0 Å². The lowest BCUT2D eigenvalue weighted by atomic mass is 10.1. The molecule has 1 aromatic heterocycles. The Balaban J connectivity index is 2.66. The van der Waals surface area contributed by atoms with Crippen LogP contribution in [0.2, 0.25) is 0 Å². The number of hydrogen-bond acceptors (Lipinski definition) is 4. The van der Waals surface area contributed by atoms with Crippen LogP contribution in [0.5, 0.6) is 5.88 Å². The molecule has 0 saturated heterocycles. The number of aromatic nitrogens is 2. The number of carbonyl (C=O) groups is 1. The lowest BCUT2D eigenvalue weighted by Gasteiger charge is -2.08. The summed E-state index contributed by atoms with van der Waals surface area (Å²) in [6.45, 7) is 1.94. The van der Waals surface area contributed by atoms with Crippen LogP contribution in [-0.4, -0.2) is 28.2 Å². The molecule has 5 heteroatoms. The standard InChI is InChI=1S/C12H12N2O3/c1-7-4-3-5-8-11(7)12(17-2)14-9(13-8)6-10(15)16/h3-5H,6H2,1-2H3,(H,15,16). The largest absolute Gasteiger partial charge is 0.481 e. The minimum absolute atomic E-state index is 0.208. The smallest absolute Gasteiger partial charge is 0.311 e. The van der Waals surface area contributed by atoms with Crippen molar-refractivity contribution in [1.29, 1.82) is 0 Å². The second-order valence-electron chi connectivity index (χ2n) is 3.69. The number of carboxylic acids is 1. The van der Waals surface area contributed by atoms with E-state index in [0.717, 1.165) is 10.9 Å². The summed E-state index contributed by atoms with van der Waals surface area (Å²) in [5, 5.41) is 9.56. The number of hydrogen-bond donors (Lipinski definition) is 1. The summed E-state index contributed by atoms with van der Waals surface area (Å²) in [7, 11) is 1.51. The number of fused-ring (bicyclic) bond motifs is 1. The predicted octanol–water partition coefficient (Wildman–Crippen LogP) is 1.57. The Labute approximate surface area is 98.1 Å². The van der Waals surface area contributed by atoms with Gasteiger partial charge in [0.1, 0.15) is 12.2 Å². The molecule has 2 rings (SSSR count). The van der Waals surface area contributed by atoms with Crippen molar-refractivity contribution in [3.8, 4) is 5.88 Å². The first-order chi connectivity index (χ1) is 8.11. The number of ether oxygens (including phenoxy) is 1. The lowest BCUT2D eigenvalue weighted by Crippen LogP contribution is -2.06. The Morgan fingerprint density at radius 3 is 2.82 bits per heavy atom. The molecule has 1 aromatic carbocycles. The van der Waals surface area contributed by atoms with Gasteiger partial charge in [-0.15, -0.1) is 0 Å². The molecule has 0 unspecified atom stereocenters. The van der Waals surface area contributed by atoms with Crippen molar-refractivity contribution in [2.75, 3.05) is 7.11 Å². The maximum absolute atomic E-state index is 10.7. The van der Waals surface area contributed by atoms with Crippen LogP contribution in [0.25, 0.3) is 10.9 Å². The van der Waals surface area contributed by atoms with Gasteiger partial charge >= 0.3 is 5.97 Å². The van der Waals surface area contributed by atoms with Gasteiger partial charge in [-0.1, -0.05) is 12.1 Å². The summed E-state index contributed by atoms with van der Waals surface area (Å²) in [5.74, 6) is -0.282. The van der Waals surface area contributed by atoms with E-state index in [0.29, 0.717) is 11.4 Å². The Morgan fingerprint density at radius 1 is 1.41 bits per heavy atom. The van der Waals surface area contributed by atoms with Gasteiger partial charge in [0.2, 0.25) is 5.88 Å². The number of rotatable bonds is 3. The van der Waals surface area contributed by atoms with Crippen molar-refractivity contribution < 1.29 is 14.6 Å². The van der Waals surface area contributed by atoms with E-state index in [1.807, 2.05) is 25.1 Å². The topological polar surface area (TPSA) is 72.3 Å². The molecule has 0 amide bonds. The molecule has 5 nitrogen and oxygen atoms in total. The maximum atomic E-state index is 10.7. The zero-order valence-electron chi connectivity index (χ0n) is 9.60. The fourth-order valence-corrected chi connectivity index (χ4v) is 1.72. The van der Waals surface area contributed by atoms with E-state index in [9.17, 15) is 4.79 Å². The highest BCUT2D eigenvalue weighted by molar-refractivity contribution is 5.87. The minimum Gasteiger partial charge on any atom is -0.481 e. The fourth-order valence-electron chi connectivity index (χ4n) is 1.72. The number of aryl methyl sites for hydroxylation is 1. The van der Waals surface area contributed by atoms with Gasteiger partial charge in [0.05, 0.1) is 18.0 Å². The molecule has 0 aliphatic heterocycles. The summed E-state index contributed by atoms with van der Waals surface area (Å²) in [5.41, 5.74) is 1.70. The first kappa shape index (κ1) is 11.3. The molecular formula is C12H12N2O3. The number of aliphatic carboxylic acids is 1. The molecule has 17 heavy (non-hydrogen) atoms. The van der Waals surface area contributed by atoms with Crippen molar-refractivity contribution >= 4 is 16.9 Å². The summed E-state index contributed by atoms with van der Waals surface area (Å²) >= 11 is 0. The van der Waals surface area contributed by atoms with Crippen molar-refractivity contribution in [1.82, 2.24) is 9.97 Å². The van der Waals surface area contributed by atoms with Gasteiger partial charge < -0.3 is 9.84 Å². The highest BCUT2D eigenvalue weighted by atomic mass is 16.5. The van der Waals surface area contributed by atoms with Gasteiger partial charge in [0.15, 0.2) is 0 Å². The first-order valence-corrected chi connectivity index (χ1v) is 5.14. The molecule has 0 radical (unpaired) electrons. The Kier molecular flexibility index (Phi) is 2.91. The fraction of sp³-hybridized carbons (Fsp3) is 0.250. The second kappa shape index (κ2) is 4.37. The molecule has 2 aromatic rings. The molecule has 0 spiro atoms. The van der Waals surface area contributed by atoms with Gasteiger partial charge in [-0.25, -0.2) is 4.98 Å². The molecule has 1 N–H and O–H groups in total. The maximum Gasteiger partial charge on any atom is 0.311 e. The normalized spacial score (nSPS) is 10.5.